The van der Waals surface area contributed by atoms with Gasteiger partial charge in [0.25, 0.3) is 0 Å². The maximum absolute atomic E-state index is 12.0. The van der Waals surface area contributed by atoms with Crippen LogP contribution in [-0.2, 0) is 6.54 Å². The van der Waals surface area contributed by atoms with Crippen LogP contribution in [0.1, 0.15) is 21.6 Å². The van der Waals surface area contributed by atoms with E-state index < -0.39 is 0 Å². The van der Waals surface area contributed by atoms with E-state index in [0.29, 0.717) is 11.7 Å². The summed E-state index contributed by atoms with van der Waals surface area (Å²) in [4.78, 5) is 17.7. The highest BCUT2D eigenvalue weighted by Gasteiger charge is 2.12. The molecule has 2 amide bonds. The molecule has 0 saturated heterocycles. The Morgan fingerprint density at radius 1 is 1.17 bits per heavy atom. The molecule has 4 nitrogen and oxygen atoms in total. The van der Waals surface area contributed by atoms with Crippen LogP contribution in [0.4, 0.5) is 9.93 Å². The number of thiazole rings is 1. The van der Waals surface area contributed by atoms with E-state index in [9.17, 15) is 4.79 Å². The minimum absolute atomic E-state index is 0.235. The van der Waals surface area contributed by atoms with E-state index in [0.717, 1.165) is 16.1 Å². The fraction of sp³-hybridized carbons (Fsp3) is 0.222. The molecule has 0 fully saturated rings. The van der Waals surface area contributed by atoms with Crippen LogP contribution >= 0.6 is 22.7 Å². The molecule has 0 saturated carbocycles. The third kappa shape index (κ3) is 3.83. The van der Waals surface area contributed by atoms with Crippen LogP contribution in [0.2, 0.25) is 0 Å². The molecule has 1 aromatic carbocycles. The first kappa shape index (κ1) is 16.7. The predicted molar refractivity (Wildman–Crippen MR) is 102 cm³/mol. The molecule has 0 bridgehead atoms. The van der Waals surface area contributed by atoms with E-state index in [1.54, 1.807) is 11.3 Å². The molecule has 0 aliphatic rings. The van der Waals surface area contributed by atoms with E-state index in [-0.39, 0.29) is 6.03 Å². The average Bonchev–Trinajstić information content (AvgIpc) is 3.16. The summed E-state index contributed by atoms with van der Waals surface area (Å²) in [5.41, 5.74) is 5.70. The smallest absolute Gasteiger partial charge is 0.321 e. The van der Waals surface area contributed by atoms with Crippen LogP contribution in [0, 0.1) is 20.8 Å². The zero-order chi connectivity index (χ0) is 17.1. The molecule has 0 unspecified atom stereocenters. The number of urea groups is 1. The lowest BCUT2D eigenvalue weighted by atomic mass is 9.98. The molecule has 3 rings (SSSR count). The molecule has 24 heavy (non-hydrogen) atoms. The number of nitrogens with zero attached hydrogens (tertiary/aromatic N) is 1. The summed E-state index contributed by atoms with van der Waals surface area (Å²) >= 11 is 3.06. The topological polar surface area (TPSA) is 54.0 Å². The van der Waals surface area contributed by atoms with E-state index >= 15 is 0 Å². The van der Waals surface area contributed by atoms with Gasteiger partial charge < -0.3 is 5.32 Å². The van der Waals surface area contributed by atoms with Gasteiger partial charge in [0, 0.05) is 15.8 Å². The fourth-order valence-electron chi connectivity index (χ4n) is 2.75. The van der Waals surface area contributed by atoms with Crippen molar-refractivity contribution in [3.63, 3.8) is 0 Å². The number of carbonyl (C=O) groups excluding carboxylic acids is 1. The van der Waals surface area contributed by atoms with E-state index in [1.807, 2.05) is 22.9 Å². The van der Waals surface area contributed by atoms with Crippen molar-refractivity contribution < 1.29 is 4.79 Å². The molecule has 0 aliphatic heterocycles. The highest BCUT2D eigenvalue weighted by atomic mass is 32.1. The number of thiophene rings is 1. The molecule has 124 valence electrons. The number of aryl methyl sites for hydroxylation is 3. The summed E-state index contributed by atoms with van der Waals surface area (Å²) in [6.07, 6.45) is 0. The van der Waals surface area contributed by atoms with Gasteiger partial charge in [0.2, 0.25) is 0 Å². The van der Waals surface area contributed by atoms with E-state index in [4.69, 9.17) is 0 Å². The van der Waals surface area contributed by atoms with Crippen molar-refractivity contribution in [3.8, 4) is 11.3 Å². The number of hydrogen-bond acceptors (Lipinski definition) is 4. The van der Waals surface area contributed by atoms with Gasteiger partial charge in [0.1, 0.15) is 0 Å². The van der Waals surface area contributed by atoms with Gasteiger partial charge in [-0.15, -0.1) is 22.7 Å². The SMILES string of the molecule is Cc1cc(C)c(-c2csc(NC(=O)NCc3cccs3)n2)c(C)c1. The zero-order valence-corrected chi connectivity index (χ0v) is 15.5. The van der Waals surface area contributed by atoms with Crippen molar-refractivity contribution in [1.29, 1.82) is 0 Å². The minimum atomic E-state index is -0.235. The molecule has 0 aliphatic carbocycles. The fourth-order valence-corrected chi connectivity index (χ4v) is 4.09. The van der Waals surface area contributed by atoms with Gasteiger partial charge in [-0.1, -0.05) is 23.8 Å². The lowest BCUT2D eigenvalue weighted by Gasteiger charge is -2.08. The van der Waals surface area contributed by atoms with Crippen LogP contribution in [-0.4, -0.2) is 11.0 Å². The van der Waals surface area contributed by atoms with Gasteiger partial charge in [-0.05, 0) is 43.3 Å². The van der Waals surface area contributed by atoms with Crippen molar-refractivity contribution in [2.24, 2.45) is 0 Å². The van der Waals surface area contributed by atoms with Crippen LogP contribution in [0.15, 0.2) is 35.0 Å². The van der Waals surface area contributed by atoms with Crippen LogP contribution in [0.5, 0.6) is 0 Å². The Bertz CT molecular complexity index is 830. The normalized spacial score (nSPS) is 10.6. The quantitative estimate of drug-likeness (QED) is 0.681. The summed E-state index contributed by atoms with van der Waals surface area (Å²) in [5, 5.41) is 10.2. The number of hydrogen-bond donors (Lipinski definition) is 2. The van der Waals surface area contributed by atoms with Gasteiger partial charge in [-0.2, -0.15) is 0 Å². The molecule has 2 heterocycles. The van der Waals surface area contributed by atoms with Gasteiger partial charge in [0.15, 0.2) is 5.13 Å². The second kappa shape index (κ2) is 7.15. The Kier molecular flexibility index (Phi) is 4.97. The highest BCUT2D eigenvalue weighted by molar-refractivity contribution is 7.14. The number of benzene rings is 1. The molecular weight excluding hydrogens is 338 g/mol. The number of amides is 2. The molecule has 3 aromatic rings. The Hall–Kier alpha value is -2.18. The van der Waals surface area contributed by atoms with E-state index in [1.165, 1.54) is 28.0 Å². The zero-order valence-electron chi connectivity index (χ0n) is 13.8. The summed E-state index contributed by atoms with van der Waals surface area (Å²) in [7, 11) is 0. The van der Waals surface area contributed by atoms with Crippen LogP contribution in [0.3, 0.4) is 0 Å². The van der Waals surface area contributed by atoms with Gasteiger partial charge in [-0.3, -0.25) is 5.32 Å². The summed E-state index contributed by atoms with van der Waals surface area (Å²) < 4.78 is 0. The summed E-state index contributed by atoms with van der Waals surface area (Å²) in [6, 6.07) is 8.04. The number of anilines is 1. The van der Waals surface area contributed by atoms with Crippen LogP contribution in [0.25, 0.3) is 11.3 Å². The molecule has 6 heteroatoms. The largest absolute Gasteiger partial charge is 0.333 e. The molecule has 2 N–H and O–H groups in total. The Balaban J connectivity index is 1.68. The van der Waals surface area contributed by atoms with Crippen molar-refractivity contribution in [2.45, 2.75) is 27.3 Å². The Morgan fingerprint density at radius 2 is 1.92 bits per heavy atom. The molecular formula is C18H19N3OS2. The number of rotatable bonds is 4. The maximum Gasteiger partial charge on any atom is 0.321 e. The number of aromatic nitrogens is 1. The van der Waals surface area contributed by atoms with Crippen LogP contribution < -0.4 is 10.6 Å². The third-order valence-corrected chi connectivity index (χ3v) is 5.30. The monoisotopic (exact) mass is 357 g/mol. The van der Waals surface area contributed by atoms with Crippen molar-refractivity contribution >= 4 is 33.8 Å². The van der Waals surface area contributed by atoms with Crippen molar-refractivity contribution in [2.75, 3.05) is 5.32 Å². The number of nitrogens with one attached hydrogen (secondary N) is 2. The lowest BCUT2D eigenvalue weighted by Crippen LogP contribution is -2.27. The summed E-state index contributed by atoms with van der Waals surface area (Å²) in [5.74, 6) is 0. The highest BCUT2D eigenvalue weighted by Crippen LogP contribution is 2.31. The predicted octanol–water partition coefficient (Wildman–Crippen LogP) is 5.12. The standard InChI is InChI=1S/C18H19N3OS2/c1-11-7-12(2)16(13(3)8-11)15-10-24-18(20-15)21-17(22)19-9-14-5-4-6-23-14/h4-8,10H,9H2,1-3H3,(H2,19,20,21,22). The lowest BCUT2D eigenvalue weighted by molar-refractivity contribution is 0.252. The second-order valence-electron chi connectivity index (χ2n) is 5.70. The van der Waals surface area contributed by atoms with Gasteiger partial charge in [-0.25, -0.2) is 9.78 Å². The number of carbonyl (C=O) groups is 1. The molecule has 0 spiro atoms. The summed E-state index contributed by atoms with van der Waals surface area (Å²) in [6.45, 7) is 6.80. The minimum Gasteiger partial charge on any atom is -0.333 e. The first-order valence-electron chi connectivity index (χ1n) is 7.64. The molecule has 0 atom stereocenters. The van der Waals surface area contributed by atoms with Crippen molar-refractivity contribution in [3.05, 3.63) is 56.6 Å². The third-order valence-electron chi connectivity index (χ3n) is 3.66. The average molecular weight is 358 g/mol. The molecule has 2 aromatic heterocycles. The van der Waals surface area contributed by atoms with Crippen molar-refractivity contribution in [1.82, 2.24) is 10.3 Å². The first-order valence-corrected chi connectivity index (χ1v) is 9.40. The van der Waals surface area contributed by atoms with Gasteiger partial charge in [0.05, 0.1) is 12.2 Å². The maximum atomic E-state index is 12.0. The molecule has 0 radical (unpaired) electrons. The second-order valence-corrected chi connectivity index (χ2v) is 7.59. The first-order chi connectivity index (χ1) is 11.5. The Labute approximate surface area is 149 Å². The Morgan fingerprint density at radius 3 is 2.58 bits per heavy atom. The van der Waals surface area contributed by atoms with E-state index in [2.05, 4.69) is 48.5 Å². The van der Waals surface area contributed by atoms with Gasteiger partial charge >= 0.3 is 6.03 Å².